The molecule has 0 unspecified atom stereocenters. The van der Waals surface area contributed by atoms with Gasteiger partial charge in [-0.15, -0.1) is 0 Å². The van der Waals surface area contributed by atoms with Gasteiger partial charge in [0.2, 0.25) is 0 Å². The van der Waals surface area contributed by atoms with E-state index in [1.807, 2.05) is 36.1 Å². The standard InChI is InChI=1S/C24H25FN2O3/c1-2-15-30-20-11-9-17(10-12-20)21-22(26-13-4-3-5-14-26)24(29)27(23(21)28)19-8-6-7-18(25)16-19/h6-12,16H,2-5,13-15H2,1H3. The number of hydrogen-bond donors (Lipinski definition) is 0. The first-order valence-electron chi connectivity index (χ1n) is 10.5. The number of ether oxygens (including phenoxy) is 1. The second-order valence-corrected chi connectivity index (χ2v) is 7.57. The second-order valence-electron chi connectivity index (χ2n) is 7.57. The molecular weight excluding hydrogens is 383 g/mol. The van der Waals surface area contributed by atoms with Gasteiger partial charge in [0.1, 0.15) is 17.3 Å². The number of benzene rings is 2. The van der Waals surface area contributed by atoms with Crippen molar-refractivity contribution in [1.29, 1.82) is 0 Å². The smallest absolute Gasteiger partial charge is 0.282 e. The number of piperidine rings is 1. The first-order chi connectivity index (χ1) is 14.6. The summed E-state index contributed by atoms with van der Waals surface area (Å²) in [5, 5.41) is 0. The third-order valence-electron chi connectivity index (χ3n) is 5.41. The van der Waals surface area contributed by atoms with Gasteiger partial charge in [-0.1, -0.05) is 25.1 Å². The fourth-order valence-electron chi connectivity index (χ4n) is 3.98. The van der Waals surface area contributed by atoms with Crippen molar-refractivity contribution in [3.05, 3.63) is 65.6 Å². The summed E-state index contributed by atoms with van der Waals surface area (Å²) in [7, 11) is 0. The van der Waals surface area contributed by atoms with Crippen LogP contribution in [0.3, 0.4) is 0 Å². The summed E-state index contributed by atoms with van der Waals surface area (Å²) in [6.45, 7) is 4.11. The first kappa shape index (κ1) is 20.1. The van der Waals surface area contributed by atoms with Crippen molar-refractivity contribution in [1.82, 2.24) is 4.90 Å². The van der Waals surface area contributed by atoms with Crippen LogP contribution in [-0.2, 0) is 9.59 Å². The molecule has 0 aromatic heterocycles. The summed E-state index contributed by atoms with van der Waals surface area (Å²) >= 11 is 0. The molecule has 0 bridgehead atoms. The lowest BCUT2D eigenvalue weighted by atomic mass is 10.0. The minimum Gasteiger partial charge on any atom is -0.494 e. The molecule has 2 amide bonds. The van der Waals surface area contributed by atoms with Gasteiger partial charge in [-0.05, 0) is 61.6 Å². The molecule has 0 atom stereocenters. The van der Waals surface area contributed by atoms with Crippen LogP contribution in [0.15, 0.2) is 54.2 Å². The number of halogens is 1. The average Bonchev–Trinajstić information content (AvgIpc) is 3.03. The number of hydrogen-bond acceptors (Lipinski definition) is 4. The van der Waals surface area contributed by atoms with Gasteiger partial charge in [0, 0.05) is 13.1 Å². The van der Waals surface area contributed by atoms with Crippen molar-refractivity contribution in [3.8, 4) is 5.75 Å². The molecule has 0 saturated carbocycles. The third-order valence-corrected chi connectivity index (χ3v) is 5.41. The van der Waals surface area contributed by atoms with Crippen LogP contribution in [0, 0.1) is 5.82 Å². The summed E-state index contributed by atoms with van der Waals surface area (Å²) in [6.07, 6.45) is 3.96. The largest absolute Gasteiger partial charge is 0.494 e. The van der Waals surface area contributed by atoms with Crippen LogP contribution >= 0.6 is 0 Å². The highest BCUT2D eigenvalue weighted by molar-refractivity contribution is 6.45. The molecule has 0 spiro atoms. The lowest BCUT2D eigenvalue weighted by Crippen LogP contribution is -2.37. The summed E-state index contributed by atoms with van der Waals surface area (Å²) < 4.78 is 19.4. The number of imide groups is 1. The van der Waals surface area contributed by atoms with Gasteiger partial charge in [0.25, 0.3) is 11.8 Å². The maximum atomic E-state index is 13.8. The van der Waals surface area contributed by atoms with Crippen LogP contribution in [-0.4, -0.2) is 36.4 Å². The second kappa shape index (κ2) is 8.69. The lowest BCUT2D eigenvalue weighted by Gasteiger charge is -2.29. The molecule has 0 N–H and O–H groups in total. The normalized spacial score (nSPS) is 17.1. The van der Waals surface area contributed by atoms with E-state index in [2.05, 4.69) is 0 Å². The maximum absolute atomic E-state index is 13.8. The summed E-state index contributed by atoms with van der Waals surface area (Å²) in [5.41, 5.74) is 1.69. The van der Waals surface area contributed by atoms with Gasteiger partial charge < -0.3 is 9.64 Å². The Bertz CT molecular complexity index is 978. The predicted octanol–water partition coefficient (Wildman–Crippen LogP) is 4.38. The van der Waals surface area contributed by atoms with Gasteiger partial charge in [-0.25, -0.2) is 9.29 Å². The monoisotopic (exact) mass is 408 g/mol. The number of anilines is 1. The predicted molar refractivity (Wildman–Crippen MR) is 113 cm³/mol. The third kappa shape index (κ3) is 3.82. The summed E-state index contributed by atoms with van der Waals surface area (Å²) in [6, 6.07) is 12.8. The van der Waals surface area contributed by atoms with Crippen molar-refractivity contribution < 1.29 is 18.7 Å². The topological polar surface area (TPSA) is 49.9 Å². The Morgan fingerprint density at radius 2 is 1.70 bits per heavy atom. The minimum absolute atomic E-state index is 0.248. The van der Waals surface area contributed by atoms with E-state index < -0.39 is 17.6 Å². The molecule has 30 heavy (non-hydrogen) atoms. The number of carbonyl (C=O) groups is 2. The SMILES string of the molecule is CCCOc1ccc(C2=C(N3CCCCC3)C(=O)N(c3cccc(F)c3)C2=O)cc1. The molecule has 2 aliphatic rings. The van der Waals surface area contributed by atoms with Crippen molar-refractivity contribution in [2.24, 2.45) is 0 Å². The molecule has 4 rings (SSSR count). The number of nitrogens with zero attached hydrogens (tertiary/aromatic N) is 2. The Morgan fingerprint density at radius 3 is 2.37 bits per heavy atom. The van der Waals surface area contributed by atoms with E-state index in [0.717, 1.165) is 49.4 Å². The molecule has 156 valence electrons. The summed E-state index contributed by atoms with van der Waals surface area (Å²) in [4.78, 5) is 29.9. The lowest BCUT2D eigenvalue weighted by molar-refractivity contribution is -0.120. The molecule has 1 fully saturated rings. The van der Waals surface area contributed by atoms with E-state index in [4.69, 9.17) is 4.74 Å². The van der Waals surface area contributed by atoms with E-state index in [1.165, 1.54) is 18.2 Å². The Kier molecular flexibility index (Phi) is 5.84. The van der Waals surface area contributed by atoms with Crippen molar-refractivity contribution in [2.75, 3.05) is 24.6 Å². The molecule has 2 aliphatic heterocycles. The zero-order valence-electron chi connectivity index (χ0n) is 17.1. The van der Waals surface area contributed by atoms with Crippen molar-refractivity contribution >= 4 is 23.1 Å². The Hall–Kier alpha value is -3.15. The van der Waals surface area contributed by atoms with Crippen LogP contribution in [0.4, 0.5) is 10.1 Å². The van der Waals surface area contributed by atoms with Gasteiger partial charge in [-0.3, -0.25) is 9.59 Å². The first-order valence-corrected chi connectivity index (χ1v) is 10.5. The molecule has 5 nitrogen and oxygen atoms in total. The van der Waals surface area contributed by atoms with E-state index in [1.54, 1.807) is 6.07 Å². The number of rotatable bonds is 6. The van der Waals surface area contributed by atoms with Crippen molar-refractivity contribution in [2.45, 2.75) is 32.6 Å². The highest BCUT2D eigenvalue weighted by Gasteiger charge is 2.42. The average molecular weight is 408 g/mol. The number of amides is 2. The fraction of sp³-hybridized carbons (Fsp3) is 0.333. The number of likely N-dealkylation sites (tertiary alicyclic amines) is 1. The van der Waals surface area contributed by atoms with Crippen LogP contribution in [0.5, 0.6) is 5.75 Å². The van der Waals surface area contributed by atoms with Crippen LogP contribution in [0.2, 0.25) is 0 Å². The Morgan fingerprint density at radius 1 is 0.967 bits per heavy atom. The Labute approximate surface area is 175 Å². The van der Waals surface area contributed by atoms with Gasteiger partial charge in [-0.2, -0.15) is 0 Å². The highest BCUT2D eigenvalue weighted by atomic mass is 19.1. The fourth-order valence-corrected chi connectivity index (χ4v) is 3.98. The van der Waals surface area contributed by atoms with Crippen molar-refractivity contribution in [3.63, 3.8) is 0 Å². The van der Waals surface area contributed by atoms with Gasteiger partial charge in [0.05, 0.1) is 17.9 Å². The molecule has 2 heterocycles. The molecule has 2 aromatic carbocycles. The van der Waals surface area contributed by atoms with Crippen LogP contribution in [0.25, 0.3) is 5.57 Å². The molecule has 6 heteroatoms. The Balaban J connectivity index is 1.75. The minimum atomic E-state index is -0.488. The van der Waals surface area contributed by atoms with Crippen LogP contribution < -0.4 is 9.64 Å². The van der Waals surface area contributed by atoms with Gasteiger partial charge in [0.15, 0.2) is 0 Å². The van der Waals surface area contributed by atoms with E-state index in [-0.39, 0.29) is 5.69 Å². The maximum Gasteiger partial charge on any atom is 0.282 e. The molecule has 0 radical (unpaired) electrons. The molecular formula is C24H25FN2O3. The van der Waals surface area contributed by atoms with Crippen LogP contribution in [0.1, 0.15) is 38.2 Å². The van der Waals surface area contributed by atoms with E-state index in [0.29, 0.717) is 23.4 Å². The number of carbonyl (C=O) groups excluding carboxylic acids is 2. The quantitative estimate of drug-likeness (QED) is 0.666. The highest BCUT2D eigenvalue weighted by Crippen LogP contribution is 2.36. The zero-order chi connectivity index (χ0) is 21.1. The van der Waals surface area contributed by atoms with Gasteiger partial charge >= 0.3 is 0 Å². The van der Waals surface area contributed by atoms with E-state index in [9.17, 15) is 14.0 Å². The molecule has 2 aromatic rings. The zero-order valence-corrected chi connectivity index (χ0v) is 17.1. The molecule has 0 aliphatic carbocycles. The summed E-state index contributed by atoms with van der Waals surface area (Å²) in [5.74, 6) is -0.583. The van der Waals surface area contributed by atoms with E-state index >= 15 is 0 Å². The molecule has 1 saturated heterocycles.